The van der Waals surface area contributed by atoms with Crippen molar-refractivity contribution in [3.63, 3.8) is 0 Å². The van der Waals surface area contributed by atoms with Gasteiger partial charge in [0.15, 0.2) is 0 Å². The van der Waals surface area contributed by atoms with Gasteiger partial charge in [0, 0.05) is 11.4 Å². The zero-order valence-corrected chi connectivity index (χ0v) is 10.9. The van der Waals surface area contributed by atoms with Crippen LogP contribution in [0.5, 0.6) is 0 Å². The van der Waals surface area contributed by atoms with E-state index in [4.69, 9.17) is 0 Å². The second kappa shape index (κ2) is 6.31. The molecule has 1 aliphatic rings. The summed E-state index contributed by atoms with van der Waals surface area (Å²) in [6.45, 7) is 5.91. The average Bonchev–Trinajstić information content (AvgIpc) is 2.31. The Balaban J connectivity index is 1.94. The number of benzene rings is 1. The fraction of sp³-hybridized carbons (Fsp3) is 0.571. The predicted molar refractivity (Wildman–Crippen MR) is 72.0 cm³/mol. The van der Waals surface area contributed by atoms with Crippen molar-refractivity contribution in [2.45, 2.75) is 37.6 Å². The molecule has 16 heavy (non-hydrogen) atoms. The van der Waals surface area contributed by atoms with E-state index in [9.17, 15) is 0 Å². The van der Waals surface area contributed by atoms with Gasteiger partial charge in [-0.1, -0.05) is 25.5 Å². The van der Waals surface area contributed by atoms with Gasteiger partial charge in [0.05, 0.1) is 0 Å². The maximum atomic E-state index is 2.58. The summed E-state index contributed by atoms with van der Waals surface area (Å²) >= 11 is 1.93. The molecule has 0 aromatic heterocycles. The molecule has 2 rings (SSSR count). The molecule has 0 saturated carbocycles. The number of piperidine rings is 1. The van der Waals surface area contributed by atoms with Crippen LogP contribution >= 0.6 is 11.8 Å². The van der Waals surface area contributed by atoms with Crippen molar-refractivity contribution in [3.8, 4) is 0 Å². The van der Waals surface area contributed by atoms with Crippen molar-refractivity contribution in [2.24, 2.45) is 0 Å². The number of hydrogen-bond acceptors (Lipinski definition) is 2. The fourth-order valence-corrected chi connectivity index (χ4v) is 3.02. The van der Waals surface area contributed by atoms with Crippen molar-refractivity contribution in [2.75, 3.05) is 18.8 Å². The molecule has 2 heteroatoms. The van der Waals surface area contributed by atoms with Crippen molar-refractivity contribution in [3.05, 3.63) is 29.8 Å². The van der Waals surface area contributed by atoms with Crippen LogP contribution in [0.3, 0.4) is 0 Å². The van der Waals surface area contributed by atoms with E-state index in [1.807, 2.05) is 11.8 Å². The maximum Gasteiger partial charge on any atom is 0.0234 e. The van der Waals surface area contributed by atoms with E-state index < -0.39 is 0 Å². The van der Waals surface area contributed by atoms with E-state index in [2.05, 4.69) is 36.1 Å². The van der Waals surface area contributed by atoms with Gasteiger partial charge in [0.2, 0.25) is 0 Å². The Kier molecular flexibility index (Phi) is 4.73. The van der Waals surface area contributed by atoms with Crippen molar-refractivity contribution in [1.29, 1.82) is 0 Å². The van der Waals surface area contributed by atoms with Crippen molar-refractivity contribution in [1.82, 2.24) is 4.90 Å². The fourth-order valence-electron chi connectivity index (χ4n) is 2.28. The smallest absolute Gasteiger partial charge is 0.0234 e. The van der Waals surface area contributed by atoms with Gasteiger partial charge in [0.25, 0.3) is 0 Å². The summed E-state index contributed by atoms with van der Waals surface area (Å²) < 4.78 is 0. The number of hydrogen-bond donors (Lipinski definition) is 0. The number of nitrogens with zero attached hydrogens (tertiary/aromatic N) is 1. The Morgan fingerprint density at radius 1 is 1.19 bits per heavy atom. The molecule has 1 aliphatic heterocycles. The lowest BCUT2D eigenvalue weighted by Gasteiger charge is -2.26. The first-order valence-corrected chi connectivity index (χ1v) is 7.31. The molecular weight excluding hydrogens is 214 g/mol. The van der Waals surface area contributed by atoms with Crippen LogP contribution in [0.25, 0.3) is 0 Å². The Bertz CT molecular complexity index is 318. The molecule has 0 N–H and O–H groups in total. The van der Waals surface area contributed by atoms with E-state index in [1.165, 1.54) is 42.8 Å². The number of thioether (sulfide) groups is 1. The van der Waals surface area contributed by atoms with Crippen molar-refractivity contribution < 1.29 is 0 Å². The van der Waals surface area contributed by atoms with Gasteiger partial charge in [-0.15, -0.1) is 11.8 Å². The molecule has 0 amide bonds. The quantitative estimate of drug-likeness (QED) is 0.731. The summed E-state index contributed by atoms with van der Waals surface area (Å²) in [6.07, 6.45) is 4.18. The Hall–Kier alpha value is -0.470. The third kappa shape index (κ3) is 3.53. The van der Waals surface area contributed by atoms with Gasteiger partial charge in [-0.3, -0.25) is 4.90 Å². The van der Waals surface area contributed by atoms with E-state index >= 15 is 0 Å². The summed E-state index contributed by atoms with van der Waals surface area (Å²) in [5, 5.41) is 0. The second-order valence-corrected chi connectivity index (χ2v) is 5.75. The first kappa shape index (κ1) is 12.0. The molecule has 0 radical (unpaired) electrons. The van der Waals surface area contributed by atoms with Crippen LogP contribution in [-0.4, -0.2) is 23.7 Å². The predicted octanol–water partition coefficient (Wildman–Crippen LogP) is 3.78. The molecule has 1 saturated heterocycles. The van der Waals surface area contributed by atoms with Gasteiger partial charge in [0.1, 0.15) is 0 Å². The highest BCUT2D eigenvalue weighted by Gasteiger charge is 2.10. The van der Waals surface area contributed by atoms with Crippen LogP contribution in [0.2, 0.25) is 0 Å². The van der Waals surface area contributed by atoms with Crippen LogP contribution in [-0.2, 0) is 6.54 Å². The Morgan fingerprint density at radius 3 is 2.75 bits per heavy atom. The zero-order chi connectivity index (χ0) is 11.2. The summed E-state index contributed by atoms with van der Waals surface area (Å²) in [4.78, 5) is 4.00. The lowest BCUT2D eigenvalue weighted by atomic mass is 10.1. The normalized spacial score (nSPS) is 17.6. The second-order valence-electron chi connectivity index (χ2n) is 4.42. The lowest BCUT2D eigenvalue weighted by molar-refractivity contribution is 0.221. The molecule has 88 valence electrons. The highest BCUT2D eigenvalue weighted by molar-refractivity contribution is 7.99. The molecule has 1 nitrogen and oxygen atoms in total. The minimum atomic E-state index is 1.14. The Labute approximate surface area is 103 Å². The van der Waals surface area contributed by atoms with E-state index in [0.717, 1.165) is 12.3 Å². The molecule has 0 aliphatic carbocycles. The summed E-state index contributed by atoms with van der Waals surface area (Å²) in [7, 11) is 0. The van der Waals surface area contributed by atoms with Crippen LogP contribution in [0, 0.1) is 0 Å². The molecule has 1 aromatic rings. The SMILES string of the molecule is CCSc1cccc(CN2CCCCC2)c1. The Morgan fingerprint density at radius 2 is 2.00 bits per heavy atom. The van der Waals surface area contributed by atoms with Crippen LogP contribution < -0.4 is 0 Å². The molecule has 1 heterocycles. The highest BCUT2D eigenvalue weighted by Crippen LogP contribution is 2.20. The van der Waals surface area contributed by atoms with Gasteiger partial charge in [-0.25, -0.2) is 0 Å². The molecule has 1 aromatic carbocycles. The van der Waals surface area contributed by atoms with Gasteiger partial charge in [-0.05, 0) is 49.4 Å². The van der Waals surface area contributed by atoms with E-state index in [1.54, 1.807) is 0 Å². The number of likely N-dealkylation sites (tertiary alicyclic amines) is 1. The summed E-state index contributed by atoms with van der Waals surface area (Å²) in [5.41, 5.74) is 1.47. The van der Waals surface area contributed by atoms with Gasteiger partial charge >= 0.3 is 0 Å². The highest BCUT2D eigenvalue weighted by atomic mass is 32.2. The monoisotopic (exact) mass is 235 g/mol. The van der Waals surface area contributed by atoms with E-state index in [0.29, 0.717) is 0 Å². The third-order valence-electron chi connectivity index (χ3n) is 3.06. The zero-order valence-electron chi connectivity index (χ0n) is 10.1. The van der Waals surface area contributed by atoms with Crippen LogP contribution in [0.4, 0.5) is 0 Å². The van der Waals surface area contributed by atoms with Crippen LogP contribution in [0.15, 0.2) is 29.2 Å². The third-order valence-corrected chi connectivity index (χ3v) is 3.94. The standard InChI is InChI=1S/C14H21NS/c1-2-16-14-8-6-7-13(11-14)12-15-9-4-3-5-10-15/h6-8,11H,2-5,9-10,12H2,1H3. The first-order valence-electron chi connectivity index (χ1n) is 6.32. The molecule has 0 spiro atoms. The first-order chi connectivity index (χ1) is 7.88. The molecule has 0 bridgehead atoms. The summed E-state index contributed by atoms with van der Waals surface area (Å²) in [6, 6.07) is 9.02. The summed E-state index contributed by atoms with van der Waals surface area (Å²) in [5.74, 6) is 1.16. The maximum absolute atomic E-state index is 2.58. The minimum Gasteiger partial charge on any atom is -0.299 e. The topological polar surface area (TPSA) is 3.24 Å². The van der Waals surface area contributed by atoms with Gasteiger partial charge in [-0.2, -0.15) is 0 Å². The molecule has 1 fully saturated rings. The average molecular weight is 235 g/mol. The molecule has 0 unspecified atom stereocenters. The largest absolute Gasteiger partial charge is 0.299 e. The lowest BCUT2D eigenvalue weighted by Crippen LogP contribution is -2.29. The number of rotatable bonds is 4. The van der Waals surface area contributed by atoms with Crippen molar-refractivity contribution >= 4 is 11.8 Å². The molecule has 0 atom stereocenters. The molecular formula is C14H21NS. The van der Waals surface area contributed by atoms with Crippen LogP contribution in [0.1, 0.15) is 31.7 Å². The van der Waals surface area contributed by atoms with E-state index in [-0.39, 0.29) is 0 Å². The minimum absolute atomic E-state index is 1.14. The van der Waals surface area contributed by atoms with Gasteiger partial charge < -0.3 is 0 Å².